The highest BCUT2D eigenvalue weighted by atomic mass is 19.2. The quantitative estimate of drug-likeness (QED) is 0.318. The second-order valence-electron chi connectivity index (χ2n) is 8.33. The Hall–Kier alpha value is -3.62. The van der Waals surface area contributed by atoms with Gasteiger partial charge in [0, 0.05) is 48.9 Å². The van der Waals surface area contributed by atoms with E-state index < -0.39 is 29.3 Å². The van der Waals surface area contributed by atoms with Crippen LogP contribution in [0.5, 0.6) is 0 Å². The minimum atomic E-state index is -1.52. The molecule has 9 heteroatoms. The summed E-state index contributed by atoms with van der Waals surface area (Å²) in [5, 5.41) is 5.04. The van der Waals surface area contributed by atoms with Crippen molar-refractivity contribution in [3.05, 3.63) is 76.6 Å². The van der Waals surface area contributed by atoms with E-state index in [4.69, 9.17) is 0 Å². The number of aromatic nitrogens is 3. The van der Waals surface area contributed by atoms with Gasteiger partial charge in [0.1, 0.15) is 5.82 Å². The number of benzene rings is 2. The van der Waals surface area contributed by atoms with Crippen molar-refractivity contribution in [3.63, 3.8) is 0 Å². The third-order valence-electron chi connectivity index (χ3n) is 6.34. The molecule has 0 spiro atoms. The minimum Gasteiger partial charge on any atom is -0.350 e. The van der Waals surface area contributed by atoms with Gasteiger partial charge < -0.3 is 9.47 Å². The van der Waals surface area contributed by atoms with E-state index in [0.717, 1.165) is 23.2 Å². The first-order valence-electron chi connectivity index (χ1n) is 10.4. The third kappa shape index (κ3) is 3.21. The van der Waals surface area contributed by atoms with Crippen LogP contribution in [0.25, 0.3) is 22.2 Å². The summed E-state index contributed by atoms with van der Waals surface area (Å²) in [4.78, 5) is 15.1. The Morgan fingerprint density at radius 3 is 2.45 bits per heavy atom. The van der Waals surface area contributed by atoms with Crippen molar-refractivity contribution in [3.8, 4) is 11.3 Å². The summed E-state index contributed by atoms with van der Waals surface area (Å²) in [6, 6.07) is 5.79. The van der Waals surface area contributed by atoms with Crippen LogP contribution in [0.3, 0.4) is 0 Å². The van der Waals surface area contributed by atoms with Crippen molar-refractivity contribution in [2.24, 2.45) is 14.1 Å². The number of carbonyl (C=O) groups excluding carboxylic acids is 1. The molecule has 0 unspecified atom stereocenters. The molecule has 2 aromatic carbocycles. The molecule has 33 heavy (non-hydrogen) atoms. The standard InChI is InChI=1S/C24H20F4N4O/c1-12-22-15(23(31(3)29-22)13-8-18(26)21(28)19(27)9-13)6-7-32(12)24(33)17-11-30(2)20-5-4-14(25)10-16(17)20/h4-5,8-12H,6-7H2,1-3H3/t12-/m0/s1. The molecule has 0 bridgehead atoms. The van der Waals surface area contributed by atoms with Crippen LogP contribution >= 0.6 is 0 Å². The Bertz CT molecular complexity index is 1420. The lowest BCUT2D eigenvalue weighted by Gasteiger charge is -2.33. The number of carbonyl (C=O) groups is 1. The maximum atomic E-state index is 13.9. The summed E-state index contributed by atoms with van der Waals surface area (Å²) >= 11 is 0. The number of hydrogen-bond donors (Lipinski definition) is 0. The molecule has 4 aromatic rings. The molecule has 0 saturated heterocycles. The van der Waals surface area contributed by atoms with E-state index >= 15 is 0 Å². The summed E-state index contributed by atoms with van der Waals surface area (Å²) in [7, 11) is 3.43. The molecule has 1 aliphatic heterocycles. The molecule has 1 amide bonds. The topological polar surface area (TPSA) is 43.1 Å². The minimum absolute atomic E-state index is 0.180. The highest BCUT2D eigenvalue weighted by molar-refractivity contribution is 6.07. The number of fused-ring (bicyclic) bond motifs is 2. The normalized spacial score (nSPS) is 15.8. The van der Waals surface area contributed by atoms with E-state index in [1.807, 2.05) is 6.92 Å². The maximum absolute atomic E-state index is 13.9. The van der Waals surface area contributed by atoms with Crippen LogP contribution in [-0.4, -0.2) is 31.7 Å². The summed E-state index contributed by atoms with van der Waals surface area (Å²) in [5.41, 5.74) is 3.15. The van der Waals surface area contributed by atoms with E-state index in [2.05, 4.69) is 5.10 Å². The first-order chi connectivity index (χ1) is 15.7. The summed E-state index contributed by atoms with van der Waals surface area (Å²) < 4.78 is 58.3. The number of nitrogens with zero attached hydrogens (tertiary/aromatic N) is 4. The van der Waals surface area contributed by atoms with Crippen LogP contribution < -0.4 is 0 Å². The lowest BCUT2D eigenvalue weighted by Crippen LogP contribution is -2.38. The average Bonchev–Trinajstić information content (AvgIpc) is 3.28. The fourth-order valence-corrected chi connectivity index (χ4v) is 4.76. The van der Waals surface area contributed by atoms with Crippen molar-refractivity contribution < 1.29 is 22.4 Å². The van der Waals surface area contributed by atoms with Crippen LogP contribution in [0.1, 0.15) is 34.6 Å². The molecule has 0 aliphatic carbocycles. The number of aryl methyl sites for hydroxylation is 2. The lowest BCUT2D eigenvalue weighted by molar-refractivity contribution is 0.0675. The van der Waals surface area contributed by atoms with Gasteiger partial charge in [0.2, 0.25) is 0 Å². The number of halogens is 4. The first-order valence-corrected chi connectivity index (χ1v) is 10.4. The molecular weight excluding hydrogens is 436 g/mol. The molecule has 0 N–H and O–H groups in total. The Kier molecular flexibility index (Phi) is 4.81. The average molecular weight is 456 g/mol. The zero-order chi connectivity index (χ0) is 23.6. The third-order valence-corrected chi connectivity index (χ3v) is 6.34. The van der Waals surface area contributed by atoms with E-state index in [0.29, 0.717) is 35.3 Å². The van der Waals surface area contributed by atoms with Crippen molar-refractivity contribution in [1.82, 2.24) is 19.2 Å². The van der Waals surface area contributed by atoms with Crippen LogP contribution in [0.2, 0.25) is 0 Å². The highest BCUT2D eigenvalue weighted by Crippen LogP contribution is 2.37. The molecule has 5 nitrogen and oxygen atoms in total. The molecule has 1 atom stereocenters. The van der Waals surface area contributed by atoms with Gasteiger partial charge in [-0.2, -0.15) is 5.10 Å². The van der Waals surface area contributed by atoms with Crippen LogP contribution in [0.15, 0.2) is 36.5 Å². The number of hydrogen-bond acceptors (Lipinski definition) is 2. The Morgan fingerprint density at radius 2 is 1.76 bits per heavy atom. The molecule has 170 valence electrons. The van der Waals surface area contributed by atoms with Crippen LogP contribution in [0, 0.1) is 23.3 Å². The van der Waals surface area contributed by atoms with Gasteiger partial charge >= 0.3 is 0 Å². The monoisotopic (exact) mass is 456 g/mol. The van der Waals surface area contributed by atoms with Gasteiger partial charge in [0.15, 0.2) is 17.5 Å². The van der Waals surface area contributed by atoms with Gasteiger partial charge in [-0.3, -0.25) is 9.48 Å². The van der Waals surface area contributed by atoms with E-state index in [1.165, 1.54) is 16.8 Å². The van der Waals surface area contributed by atoms with Gasteiger partial charge in [0.05, 0.1) is 23.0 Å². The molecule has 0 fully saturated rings. The summed E-state index contributed by atoms with van der Waals surface area (Å²) in [5.74, 6) is -4.75. The zero-order valence-electron chi connectivity index (χ0n) is 18.2. The summed E-state index contributed by atoms with van der Waals surface area (Å²) in [6.45, 7) is 2.16. The second-order valence-corrected chi connectivity index (χ2v) is 8.33. The molecule has 5 rings (SSSR count). The fourth-order valence-electron chi connectivity index (χ4n) is 4.76. The van der Waals surface area contributed by atoms with E-state index in [-0.39, 0.29) is 11.5 Å². The van der Waals surface area contributed by atoms with Crippen molar-refractivity contribution in [2.45, 2.75) is 19.4 Å². The van der Waals surface area contributed by atoms with Gasteiger partial charge in [-0.05, 0) is 43.7 Å². The predicted molar refractivity (Wildman–Crippen MR) is 115 cm³/mol. The van der Waals surface area contributed by atoms with Crippen molar-refractivity contribution >= 4 is 16.8 Å². The zero-order valence-corrected chi connectivity index (χ0v) is 18.2. The molecule has 0 saturated carbocycles. The van der Waals surface area contributed by atoms with Crippen molar-refractivity contribution in [1.29, 1.82) is 0 Å². The van der Waals surface area contributed by atoms with Gasteiger partial charge in [-0.25, -0.2) is 17.6 Å². The van der Waals surface area contributed by atoms with E-state index in [1.54, 1.807) is 35.8 Å². The maximum Gasteiger partial charge on any atom is 0.256 e. The second kappa shape index (κ2) is 7.47. The Morgan fingerprint density at radius 1 is 1.06 bits per heavy atom. The van der Waals surface area contributed by atoms with Gasteiger partial charge in [-0.1, -0.05) is 0 Å². The highest BCUT2D eigenvalue weighted by Gasteiger charge is 2.34. The SMILES string of the molecule is C[C@H]1c2nn(C)c(-c3cc(F)c(F)c(F)c3)c2CCN1C(=O)c1cn(C)c2ccc(F)cc12. The molecule has 2 aromatic heterocycles. The number of rotatable bonds is 2. The molecule has 1 aliphatic rings. The summed E-state index contributed by atoms with van der Waals surface area (Å²) in [6.07, 6.45) is 2.08. The molecule has 3 heterocycles. The van der Waals surface area contributed by atoms with E-state index in [9.17, 15) is 22.4 Å². The van der Waals surface area contributed by atoms with Gasteiger partial charge in [0.25, 0.3) is 5.91 Å². The fraction of sp³-hybridized carbons (Fsp3) is 0.250. The largest absolute Gasteiger partial charge is 0.350 e. The molecular formula is C24H20F4N4O. The molecule has 0 radical (unpaired) electrons. The lowest BCUT2D eigenvalue weighted by atomic mass is 9.95. The van der Waals surface area contributed by atoms with Crippen LogP contribution in [-0.2, 0) is 20.5 Å². The Balaban J connectivity index is 1.54. The smallest absolute Gasteiger partial charge is 0.256 e. The van der Waals surface area contributed by atoms with Crippen LogP contribution in [0.4, 0.5) is 17.6 Å². The Labute approximate surface area is 186 Å². The van der Waals surface area contributed by atoms with Gasteiger partial charge in [-0.15, -0.1) is 0 Å². The van der Waals surface area contributed by atoms with Crippen molar-refractivity contribution in [2.75, 3.05) is 6.54 Å². The predicted octanol–water partition coefficient (Wildman–Crippen LogP) is 4.89. The number of amides is 1. The first kappa shape index (κ1) is 21.2.